The second kappa shape index (κ2) is 19.3. The summed E-state index contributed by atoms with van der Waals surface area (Å²) in [5.41, 5.74) is 5.95. The van der Waals surface area contributed by atoms with Crippen LogP contribution in [0.3, 0.4) is 0 Å². The van der Waals surface area contributed by atoms with Gasteiger partial charge < -0.3 is 33.9 Å². The van der Waals surface area contributed by atoms with Crippen molar-refractivity contribution < 1.29 is 28.5 Å². The van der Waals surface area contributed by atoms with E-state index in [0.717, 1.165) is 90.0 Å². The second-order valence-electron chi connectivity index (χ2n) is 21.2. The molecule has 2 spiro atoms. The van der Waals surface area contributed by atoms with Crippen LogP contribution in [-0.4, -0.2) is 142 Å². The molecule has 0 radical (unpaired) electrons. The number of rotatable bonds is 8. The number of ether oxygens (including phenoxy) is 5. The maximum atomic E-state index is 12.3. The molecule has 1 amide bonds. The van der Waals surface area contributed by atoms with Crippen molar-refractivity contribution in [1.29, 1.82) is 0 Å². The minimum atomic E-state index is -0.452. The third-order valence-corrected chi connectivity index (χ3v) is 15.7. The van der Waals surface area contributed by atoms with Gasteiger partial charge in [-0.15, -0.1) is 0 Å². The van der Waals surface area contributed by atoms with Gasteiger partial charge in [0.15, 0.2) is 0 Å². The Morgan fingerprint density at radius 3 is 1.52 bits per heavy atom. The Labute approximate surface area is 366 Å². The fraction of sp³-hybridized carbons (Fsp3) is 0.745. The lowest BCUT2D eigenvalue weighted by atomic mass is 9.82. The van der Waals surface area contributed by atoms with Crippen LogP contribution in [-0.2, 0) is 36.5 Å². The fourth-order valence-corrected chi connectivity index (χ4v) is 12.0. The van der Waals surface area contributed by atoms with E-state index in [1.165, 1.54) is 83.7 Å². The van der Waals surface area contributed by atoms with E-state index < -0.39 is 5.60 Å². The Hall–Kier alpha value is -2.57. The molecule has 8 heterocycles. The zero-order valence-corrected chi connectivity index (χ0v) is 37.8. The minimum absolute atomic E-state index is 0.158. The van der Waals surface area contributed by atoms with Crippen LogP contribution in [0.4, 0.5) is 4.79 Å². The highest BCUT2D eigenvalue weighted by Gasteiger charge is 2.53. The number of hydrogen-bond acceptors (Lipinski definition) is 9. The van der Waals surface area contributed by atoms with Crippen LogP contribution < -0.4 is 5.32 Å². The summed E-state index contributed by atoms with van der Waals surface area (Å²) in [7, 11) is 0. The number of piperidine rings is 2. The predicted molar refractivity (Wildman–Crippen MR) is 239 cm³/mol. The first-order chi connectivity index (χ1) is 29.6. The van der Waals surface area contributed by atoms with Crippen molar-refractivity contribution in [2.45, 2.75) is 139 Å². The quantitative estimate of drug-likeness (QED) is 0.290. The number of amides is 1. The first-order valence-electron chi connectivity index (χ1n) is 24.4. The number of carbonyl (C=O) groups is 1. The summed E-state index contributed by atoms with van der Waals surface area (Å²) in [5.74, 6) is 2.97. The highest BCUT2D eigenvalue weighted by Crippen LogP contribution is 2.41. The average Bonchev–Trinajstić information content (AvgIpc) is 3.92. The first-order valence-corrected chi connectivity index (χ1v) is 24.4. The molecular formula is C51H76N4O6. The third kappa shape index (κ3) is 10.7. The van der Waals surface area contributed by atoms with Gasteiger partial charge in [-0.3, -0.25) is 9.80 Å². The third-order valence-electron chi connectivity index (χ3n) is 15.7. The van der Waals surface area contributed by atoms with E-state index in [1.807, 2.05) is 20.8 Å². The van der Waals surface area contributed by atoms with E-state index in [2.05, 4.69) is 63.6 Å². The van der Waals surface area contributed by atoms with Gasteiger partial charge >= 0.3 is 6.09 Å². The van der Waals surface area contributed by atoms with Crippen molar-refractivity contribution in [2.24, 2.45) is 11.8 Å². The summed E-state index contributed by atoms with van der Waals surface area (Å²) in [6, 6.07) is 19.5. The molecule has 0 unspecified atom stereocenters. The lowest BCUT2D eigenvalue weighted by molar-refractivity contribution is -0.109. The van der Waals surface area contributed by atoms with Crippen LogP contribution in [0.25, 0.3) is 0 Å². The zero-order chi connectivity index (χ0) is 41.9. The molecule has 2 aromatic carbocycles. The Bertz CT molecular complexity index is 1730. The number of hydrogen-bond donors (Lipinski definition) is 1. The maximum absolute atomic E-state index is 12.3. The summed E-state index contributed by atoms with van der Waals surface area (Å²) in [4.78, 5) is 19.5. The SMILES string of the molecule is CC(C)(C)OC(=O)N1CC2(C[C@H](N3CCC(c4ccccc4CC4CCOCC4)CC3)CO2)C1.c1ccc(C2CCN([C@@H]3COC4(CNC4)C3)CC2)c(CC2CCOCC2)c1. The van der Waals surface area contributed by atoms with Crippen molar-refractivity contribution in [1.82, 2.24) is 20.0 Å². The highest BCUT2D eigenvalue weighted by molar-refractivity contribution is 5.69. The van der Waals surface area contributed by atoms with Crippen LogP contribution in [0.15, 0.2) is 48.5 Å². The van der Waals surface area contributed by atoms with E-state index in [1.54, 1.807) is 27.2 Å². The largest absolute Gasteiger partial charge is 0.444 e. The molecule has 8 aliphatic rings. The predicted octanol–water partition coefficient (Wildman–Crippen LogP) is 7.58. The van der Waals surface area contributed by atoms with Crippen molar-refractivity contribution in [3.63, 3.8) is 0 Å². The lowest BCUT2D eigenvalue weighted by Crippen LogP contribution is -2.64. The van der Waals surface area contributed by atoms with E-state index in [0.29, 0.717) is 31.1 Å². The molecular weight excluding hydrogens is 765 g/mol. The standard InChI is InChI=1S/C28H42N2O4.C23H34N2O2/c1-27(2,3)34-26(31)30-19-28(20-30)17-24(18-33-28)29-12-8-22(9-13-29)25-7-5-4-6-23(25)16-21-10-14-32-15-11-21;1-2-4-22(20(3-1)13-18-7-11-26-12-8-18)19-5-9-25(10-6-19)21-14-23(27-15-21)16-24-17-23/h4-7,21-22,24H,8-20H2,1-3H3;1-4,18-19,21,24H,5-17H2/t24-;21-/m00/s1. The van der Waals surface area contributed by atoms with Crippen LogP contribution in [0.2, 0.25) is 0 Å². The number of nitrogens with zero attached hydrogens (tertiary/aromatic N) is 3. The molecule has 2 atom stereocenters. The van der Waals surface area contributed by atoms with Gasteiger partial charge in [-0.1, -0.05) is 48.5 Å². The normalized spacial score (nSPS) is 28.0. The monoisotopic (exact) mass is 841 g/mol. The van der Waals surface area contributed by atoms with E-state index in [4.69, 9.17) is 23.7 Å². The Kier molecular flexibility index (Phi) is 13.8. The van der Waals surface area contributed by atoms with E-state index in [9.17, 15) is 4.79 Å². The molecule has 0 aliphatic carbocycles. The fourth-order valence-electron chi connectivity index (χ4n) is 12.0. The molecule has 0 saturated carbocycles. The van der Waals surface area contributed by atoms with Crippen molar-refractivity contribution >= 4 is 6.09 Å². The molecule has 1 N–H and O–H groups in total. The van der Waals surface area contributed by atoms with Gasteiger partial charge in [-0.25, -0.2) is 4.79 Å². The topological polar surface area (TPSA) is 85.0 Å². The van der Waals surface area contributed by atoms with E-state index in [-0.39, 0.29) is 17.3 Å². The summed E-state index contributed by atoms with van der Waals surface area (Å²) in [5, 5.41) is 3.38. The summed E-state index contributed by atoms with van der Waals surface area (Å²) in [6.07, 6.45) is 14.4. The zero-order valence-electron chi connectivity index (χ0n) is 37.8. The molecule has 8 saturated heterocycles. The van der Waals surface area contributed by atoms with Crippen molar-refractivity contribution in [2.75, 3.05) is 92.0 Å². The molecule has 0 aromatic heterocycles. The number of likely N-dealkylation sites (tertiary alicyclic amines) is 3. The molecule has 0 bridgehead atoms. The van der Waals surface area contributed by atoms with Crippen molar-refractivity contribution in [3.05, 3.63) is 70.8 Å². The second-order valence-corrected chi connectivity index (χ2v) is 21.2. The summed E-state index contributed by atoms with van der Waals surface area (Å²) < 4.78 is 29.0. The van der Waals surface area contributed by atoms with Gasteiger partial charge in [0.25, 0.3) is 0 Å². The number of benzene rings is 2. The van der Waals surface area contributed by atoms with Gasteiger partial charge in [0, 0.05) is 51.6 Å². The highest BCUT2D eigenvalue weighted by atomic mass is 16.6. The lowest BCUT2D eigenvalue weighted by Gasteiger charge is -2.47. The molecule has 10 nitrogen and oxygen atoms in total. The van der Waals surface area contributed by atoms with E-state index >= 15 is 0 Å². The van der Waals surface area contributed by atoms with Crippen LogP contribution in [0, 0.1) is 11.8 Å². The maximum Gasteiger partial charge on any atom is 0.410 e. The summed E-state index contributed by atoms with van der Waals surface area (Å²) >= 11 is 0. The van der Waals surface area contributed by atoms with Gasteiger partial charge in [0.05, 0.1) is 31.9 Å². The van der Waals surface area contributed by atoms with Gasteiger partial charge in [-0.05, 0) is 170 Å². The van der Waals surface area contributed by atoms with Gasteiger partial charge in [0.2, 0.25) is 0 Å². The van der Waals surface area contributed by atoms with Crippen LogP contribution in [0.1, 0.15) is 119 Å². The molecule has 61 heavy (non-hydrogen) atoms. The molecule has 8 fully saturated rings. The Morgan fingerprint density at radius 2 is 1.10 bits per heavy atom. The number of carbonyl (C=O) groups excluding carboxylic acids is 1. The first kappa shape index (κ1) is 43.7. The Balaban J connectivity index is 0.000000160. The Morgan fingerprint density at radius 1 is 0.656 bits per heavy atom. The number of nitrogens with one attached hydrogen (secondary N) is 1. The molecule has 8 aliphatic heterocycles. The van der Waals surface area contributed by atoms with Crippen LogP contribution in [0.5, 0.6) is 0 Å². The van der Waals surface area contributed by atoms with Gasteiger partial charge in [-0.2, -0.15) is 0 Å². The molecule has 10 rings (SSSR count). The molecule has 336 valence electrons. The van der Waals surface area contributed by atoms with Crippen molar-refractivity contribution in [3.8, 4) is 0 Å². The minimum Gasteiger partial charge on any atom is -0.444 e. The average molecular weight is 841 g/mol. The van der Waals surface area contributed by atoms with Crippen LogP contribution >= 0.6 is 0 Å². The summed E-state index contributed by atoms with van der Waals surface area (Å²) in [6.45, 7) is 19.4. The molecule has 10 heteroatoms. The molecule has 2 aromatic rings. The van der Waals surface area contributed by atoms with Gasteiger partial charge in [0.1, 0.15) is 11.2 Å². The smallest absolute Gasteiger partial charge is 0.410 e.